The molecule has 0 aliphatic heterocycles. The van der Waals surface area contributed by atoms with E-state index in [1.807, 2.05) is 13.8 Å². The summed E-state index contributed by atoms with van der Waals surface area (Å²) < 4.78 is 5.43. The van der Waals surface area contributed by atoms with Gasteiger partial charge in [0.25, 0.3) is 0 Å². The average molecular weight is 294 g/mol. The van der Waals surface area contributed by atoms with Gasteiger partial charge in [0.1, 0.15) is 12.4 Å². The molecule has 0 heterocycles. The molecule has 0 aliphatic rings. The molecule has 21 heavy (non-hydrogen) atoms. The Hall–Kier alpha value is -2.08. The van der Waals surface area contributed by atoms with Crippen molar-refractivity contribution in [3.8, 4) is 5.75 Å². The molecule has 0 saturated heterocycles. The molecule has 0 radical (unpaired) electrons. The van der Waals surface area contributed by atoms with Crippen molar-refractivity contribution in [3.05, 3.63) is 29.8 Å². The number of ether oxygens (including phenoxy) is 1. The molecule has 0 spiro atoms. The van der Waals surface area contributed by atoms with Crippen LogP contribution in [-0.4, -0.2) is 43.2 Å². The molecule has 1 rings (SSSR count). The van der Waals surface area contributed by atoms with Crippen LogP contribution in [-0.2, 0) is 4.79 Å². The number of nitrogens with one attached hydrogen (secondary N) is 2. The van der Waals surface area contributed by atoms with E-state index >= 15 is 0 Å². The number of hydrogen-bond donors (Lipinski definition) is 3. The quantitative estimate of drug-likeness (QED) is 0.594. The molecule has 1 amide bonds. The maximum Gasteiger partial charge on any atom is 0.335 e. The summed E-state index contributed by atoms with van der Waals surface area (Å²) in [4.78, 5) is 22.1. The van der Waals surface area contributed by atoms with Crippen molar-refractivity contribution >= 4 is 11.9 Å². The van der Waals surface area contributed by atoms with Crippen LogP contribution in [0.2, 0.25) is 0 Å². The van der Waals surface area contributed by atoms with Gasteiger partial charge >= 0.3 is 5.97 Å². The molecule has 0 bridgehead atoms. The lowest BCUT2D eigenvalue weighted by atomic mass is 10.2. The second-order valence-electron chi connectivity index (χ2n) is 5.05. The summed E-state index contributed by atoms with van der Waals surface area (Å²) >= 11 is 0. The van der Waals surface area contributed by atoms with E-state index in [4.69, 9.17) is 9.84 Å². The van der Waals surface area contributed by atoms with Gasteiger partial charge in [-0.05, 0) is 30.2 Å². The molecule has 6 nitrogen and oxygen atoms in total. The lowest BCUT2D eigenvalue weighted by Gasteiger charge is -2.09. The Morgan fingerprint density at radius 3 is 2.48 bits per heavy atom. The fourth-order valence-corrected chi connectivity index (χ4v) is 1.52. The monoisotopic (exact) mass is 294 g/mol. The first-order valence-corrected chi connectivity index (χ1v) is 6.92. The van der Waals surface area contributed by atoms with Crippen LogP contribution in [0.25, 0.3) is 0 Å². The maximum atomic E-state index is 11.4. The lowest BCUT2D eigenvalue weighted by Crippen LogP contribution is -2.37. The van der Waals surface area contributed by atoms with Gasteiger partial charge in [-0.2, -0.15) is 0 Å². The number of carbonyl (C=O) groups is 2. The topological polar surface area (TPSA) is 87.7 Å². The second-order valence-corrected chi connectivity index (χ2v) is 5.05. The van der Waals surface area contributed by atoms with Crippen molar-refractivity contribution in [1.82, 2.24) is 10.6 Å². The van der Waals surface area contributed by atoms with Crippen LogP contribution in [0.3, 0.4) is 0 Å². The van der Waals surface area contributed by atoms with Gasteiger partial charge < -0.3 is 20.5 Å². The standard InChI is InChI=1S/C15H22N2O4/c1-11(2)9-17-14(18)10-16-7-8-21-13-5-3-12(4-6-13)15(19)20/h3-6,11,16H,7-10H2,1-2H3,(H,17,18)(H,19,20). The van der Waals surface area contributed by atoms with Gasteiger partial charge in [-0.15, -0.1) is 0 Å². The SMILES string of the molecule is CC(C)CNC(=O)CNCCOc1ccc(C(=O)O)cc1. The molecule has 116 valence electrons. The minimum Gasteiger partial charge on any atom is -0.492 e. The first-order valence-electron chi connectivity index (χ1n) is 6.92. The third kappa shape index (κ3) is 7.31. The van der Waals surface area contributed by atoms with Crippen molar-refractivity contribution in [2.45, 2.75) is 13.8 Å². The zero-order valence-electron chi connectivity index (χ0n) is 12.4. The van der Waals surface area contributed by atoms with Crippen LogP contribution in [0.15, 0.2) is 24.3 Å². The van der Waals surface area contributed by atoms with Gasteiger partial charge in [0.15, 0.2) is 0 Å². The van der Waals surface area contributed by atoms with E-state index in [-0.39, 0.29) is 18.0 Å². The molecule has 1 aromatic carbocycles. The Kier molecular flexibility index (Phi) is 7.25. The van der Waals surface area contributed by atoms with Crippen molar-refractivity contribution in [3.63, 3.8) is 0 Å². The molecule has 3 N–H and O–H groups in total. The first-order chi connectivity index (χ1) is 9.99. The first kappa shape index (κ1) is 17.0. The zero-order chi connectivity index (χ0) is 15.7. The van der Waals surface area contributed by atoms with Crippen LogP contribution in [0.5, 0.6) is 5.75 Å². The molecule has 1 aromatic rings. The third-order valence-electron chi connectivity index (χ3n) is 2.64. The Balaban J connectivity index is 2.14. The van der Waals surface area contributed by atoms with Gasteiger partial charge in [-0.3, -0.25) is 4.79 Å². The number of carbonyl (C=O) groups excluding carboxylic acids is 1. The van der Waals surface area contributed by atoms with Crippen LogP contribution in [0, 0.1) is 5.92 Å². The van der Waals surface area contributed by atoms with Crippen molar-refractivity contribution in [2.75, 3.05) is 26.2 Å². The highest BCUT2D eigenvalue weighted by molar-refractivity contribution is 5.87. The molecule has 0 saturated carbocycles. The van der Waals surface area contributed by atoms with Crippen LogP contribution in [0.4, 0.5) is 0 Å². The Morgan fingerprint density at radius 1 is 1.24 bits per heavy atom. The smallest absolute Gasteiger partial charge is 0.335 e. The molecule has 0 aliphatic carbocycles. The maximum absolute atomic E-state index is 11.4. The molecule has 6 heteroatoms. The van der Waals surface area contributed by atoms with E-state index in [1.165, 1.54) is 12.1 Å². The highest BCUT2D eigenvalue weighted by Crippen LogP contribution is 2.11. The number of aromatic carboxylic acids is 1. The summed E-state index contributed by atoms with van der Waals surface area (Å²) in [6.45, 7) is 5.95. The fourth-order valence-electron chi connectivity index (χ4n) is 1.52. The lowest BCUT2D eigenvalue weighted by molar-refractivity contribution is -0.120. The number of hydrogen-bond acceptors (Lipinski definition) is 4. The highest BCUT2D eigenvalue weighted by atomic mass is 16.5. The van der Waals surface area contributed by atoms with Gasteiger partial charge in [-0.25, -0.2) is 4.79 Å². The van der Waals surface area contributed by atoms with Crippen molar-refractivity contribution < 1.29 is 19.4 Å². The highest BCUT2D eigenvalue weighted by Gasteiger charge is 2.03. The van der Waals surface area contributed by atoms with E-state index in [0.29, 0.717) is 31.4 Å². The van der Waals surface area contributed by atoms with Gasteiger partial charge in [-0.1, -0.05) is 13.8 Å². The predicted octanol–water partition coefficient (Wildman–Crippen LogP) is 1.13. The Labute approximate surface area is 124 Å². The summed E-state index contributed by atoms with van der Waals surface area (Å²) in [6, 6.07) is 6.20. The third-order valence-corrected chi connectivity index (χ3v) is 2.64. The van der Waals surface area contributed by atoms with E-state index in [9.17, 15) is 9.59 Å². The average Bonchev–Trinajstić information content (AvgIpc) is 2.45. The van der Waals surface area contributed by atoms with Gasteiger partial charge in [0, 0.05) is 13.1 Å². The fraction of sp³-hybridized carbons (Fsp3) is 0.467. The molecule has 0 fully saturated rings. The number of amides is 1. The number of carboxylic acids is 1. The zero-order valence-corrected chi connectivity index (χ0v) is 12.4. The summed E-state index contributed by atoms with van der Waals surface area (Å²) in [6.07, 6.45) is 0. The summed E-state index contributed by atoms with van der Waals surface area (Å²) in [5.41, 5.74) is 0.224. The molecule has 0 atom stereocenters. The molecule has 0 aromatic heterocycles. The van der Waals surface area contributed by atoms with E-state index in [0.717, 1.165) is 0 Å². The Morgan fingerprint density at radius 2 is 1.90 bits per heavy atom. The minimum absolute atomic E-state index is 0.0329. The number of carboxylic acid groups (broad SMARTS) is 1. The number of rotatable bonds is 9. The molecule has 0 unspecified atom stereocenters. The second kappa shape index (κ2) is 8.97. The van der Waals surface area contributed by atoms with E-state index in [1.54, 1.807) is 12.1 Å². The van der Waals surface area contributed by atoms with Crippen LogP contribution in [0.1, 0.15) is 24.2 Å². The van der Waals surface area contributed by atoms with Gasteiger partial charge in [0.2, 0.25) is 5.91 Å². The van der Waals surface area contributed by atoms with Crippen molar-refractivity contribution in [1.29, 1.82) is 0 Å². The van der Waals surface area contributed by atoms with Crippen LogP contribution < -0.4 is 15.4 Å². The molecular formula is C15H22N2O4. The van der Waals surface area contributed by atoms with Crippen LogP contribution >= 0.6 is 0 Å². The summed E-state index contributed by atoms with van der Waals surface area (Å²) in [5, 5.41) is 14.6. The minimum atomic E-state index is -0.962. The summed E-state index contributed by atoms with van der Waals surface area (Å²) in [7, 11) is 0. The normalized spacial score (nSPS) is 10.4. The largest absolute Gasteiger partial charge is 0.492 e. The van der Waals surface area contributed by atoms with E-state index in [2.05, 4.69) is 10.6 Å². The van der Waals surface area contributed by atoms with Gasteiger partial charge in [0.05, 0.1) is 12.1 Å². The van der Waals surface area contributed by atoms with E-state index < -0.39 is 5.97 Å². The van der Waals surface area contributed by atoms with Crippen molar-refractivity contribution in [2.24, 2.45) is 5.92 Å². The Bertz CT molecular complexity index is 457. The number of benzene rings is 1. The molecular weight excluding hydrogens is 272 g/mol. The predicted molar refractivity (Wildman–Crippen MR) is 79.6 cm³/mol. The summed E-state index contributed by atoms with van der Waals surface area (Å²) in [5.74, 6) is 0.0438.